The highest BCUT2D eigenvalue weighted by molar-refractivity contribution is 7.90. The fraction of sp³-hybridized carbons (Fsp3) is 0.583. The molecule has 1 N–H and O–H groups in total. The summed E-state index contributed by atoms with van der Waals surface area (Å²) in [6, 6.07) is 1.61. The summed E-state index contributed by atoms with van der Waals surface area (Å²) in [5.74, 6) is 0.392. The first-order valence-electron chi connectivity index (χ1n) is 6.27. The van der Waals surface area contributed by atoms with E-state index in [1.54, 1.807) is 24.8 Å². The van der Waals surface area contributed by atoms with Crippen LogP contribution in [-0.2, 0) is 10.0 Å². The van der Waals surface area contributed by atoms with Gasteiger partial charge in [0.2, 0.25) is 10.0 Å². The number of aryl methyl sites for hydroxylation is 1. The molecule has 6 nitrogen and oxygen atoms in total. The molecule has 0 aliphatic carbocycles. The SMILES string of the molecule is CCNS(=O)(=O)[C@@H]1CCN(C(=O)c2ccoc2C)C1. The highest BCUT2D eigenvalue weighted by Crippen LogP contribution is 2.20. The molecule has 1 aromatic rings. The van der Waals surface area contributed by atoms with Gasteiger partial charge in [-0.1, -0.05) is 6.92 Å². The van der Waals surface area contributed by atoms with Gasteiger partial charge in [0, 0.05) is 19.6 Å². The van der Waals surface area contributed by atoms with E-state index in [-0.39, 0.29) is 12.5 Å². The highest BCUT2D eigenvalue weighted by Gasteiger charge is 2.35. The van der Waals surface area contributed by atoms with Crippen LogP contribution in [0, 0.1) is 6.92 Å². The van der Waals surface area contributed by atoms with E-state index in [2.05, 4.69) is 4.72 Å². The largest absolute Gasteiger partial charge is 0.469 e. The molecule has 2 rings (SSSR count). The third-order valence-electron chi connectivity index (χ3n) is 3.31. The summed E-state index contributed by atoms with van der Waals surface area (Å²) in [6.07, 6.45) is 1.93. The Bertz CT molecular complexity index is 564. The van der Waals surface area contributed by atoms with E-state index >= 15 is 0 Å². The van der Waals surface area contributed by atoms with Gasteiger partial charge >= 0.3 is 0 Å². The number of likely N-dealkylation sites (tertiary alicyclic amines) is 1. The monoisotopic (exact) mass is 286 g/mol. The van der Waals surface area contributed by atoms with Crippen molar-refractivity contribution >= 4 is 15.9 Å². The third-order valence-corrected chi connectivity index (χ3v) is 5.26. The first-order chi connectivity index (χ1) is 8.95. The quantitative estimate of drug-likeness (QED) is 0.885. The molecule has 0 bridgehead atoms. The minimum Gasteiger partial charge on any atom is -0.469 e. The molecule has 0 spiro atoms. The summed E-state index contributed by atoms with van der Waals surface area (Å²) in [4.78, 5) is 13.8. The predicted octanol–water partition coefficient (Wildman–Crippen LogP) is 0.742. The van der Waals surface area contributed by atoms with Crippen molar-refractivity contribution in [3.05, 3.63) is 23.7 Å². The molecule has 1 aliphatic rings. The molecule has 1 fully saturated rings. The maximum absolute atomic E-state index is 12.2. The van der Waals surface area contributed by atoms with Gasteiger partial charge in [0.15, 0.2) is 0 Å². The molecule has 7 heteroatoms. The molecule has 0 radical (unpaired) electrons. The number of hydrogen-bond donors (Lipinski definition) is 1. The van der Waals surface area contributed by atoms with E-state index < -0.39 is 15.3 Å². The Labute approximate surface area is 112 Å². The van der Waals surface area contributed by atoms with Gasteiger partial charge in [-0.25, -0.2) is 13.1 Å². The number of rotatable bonds is 4. The number of furan rings is 1. The third kappa shape index (κ3) is 2.82. The molecule has 0 aromatic carbocycles. The molecule has 0 saturated carbocycles. The molecule has 0 unspecified atom stereocenters. The van der Waals surface area contributed by atoms with Gasteiger partial charge in [-0.2, -0.15) is 0 Å². The van der Waals surface area contributed by atoms with Crippen LogP contribution in [-0.4, -0.2) is 44.1 Å². The summed E-state index contributed by atoms with van der Waals surface area (Å²) >= 11 is 0. The summed E-state index contributed by atoms with van der Waals surface area (Å²) in [5, 5.41) is -0.524. The molecule has 1 amide bonds. The van der Waals surface area contributed by atoms with Crippen molar-refractivity contribution in [2.75, 3.05) is 19.6 Å². The topological polar surface area (TPSA) is 79.6 Å². The van der Waals surface area contributed by atoms with E-state index in [1.807, 2.05) is 0 Å². The number of hydrogen-bond acceptors (Lipinski definition) is 4. The Morgan fingerprint density at radius 1 is 1.58 bits per heavy atom. The molecule has 106 valence electrons. The number of nitrogens with zero attached hydrogens (tertiary/aromatic N) is 1. The van der Waals surface area contributed by atoms with Gasteiger partial charge in [-0.3, -0.25) is 4.79 Å². The van der Waals surface area contributed by atoms with Crippen LogP contribution in [0.5, 0.6) is 0 Å². The zero-order valence-corrected chi connectivity index (χ0v) is 11.9. The molecular weight excluding hydrogens is 268 g/mol. The van der Waals surface area contributed by atoms with Gasteiger partial charge in [0.25, 0.3) is 5.91 Å². The molecule has 1 atom stereocenters. The first kappa shape index (κ1) is 14.1. The maximum Gasteiger partial charge on any atom is 0.257 e. The maximum atomic E-state index is 12.2. The Balaban J connectivity index is 2.07. The van der Waals surface area contributed by atoms with E-state index in [1.165, 1.54) is 6.26 Å². The number of amides is 1. The zero-order chi connectivity index (χ0) is 14.0. The van der Waals surface area contributed by atoms with Crippen LogP contribution in [0.1, 0.15) is 29.5 Å². The second-order valence-corrected chi connectivity index (χ2v) is 6.64. The van der Waals surface area contributed by atoms with E-state index in [0.29, 0.717) is 30.8 Å². The van der Waals surface area contributed by atoms with Crippen LogP contribution in [0.3, 0.4) is 0 Å². The average molecular weight is 286 g/mol. The summed E-state index contributed by atoms with van der Waals surface area (Å²) in [7, 11) is -3.32. The fourth-order valence-corrected chi connectivity index (χ4v) is 3.69. The number of carbonyl (C=O) groups excluding carboxylic acids is 1. The molecule has 1 aliphatic heterocycles. The Morgan fingerprint density at radius 3 is 2.89 bits per heavy atom. The van der Waals surface area contributed by atoms with Crippen LogP contribution in [0.2, 0.25) is 0 Å². The standard InChI is InChI=1S/C12H18N2O4S/c1-3-13-19(16,17)10-4-6-14(8-10)12(15)11-5-7-18-9(11)2/h5,7,10,13H,3-4,6,8H2,1-2H3/t10-/m1/s1. The van der Waals surface area contributed by atoms with E-state index in [4.69, 9.17) is 4.42 Å². The van der Waals surface area contributed by atoms with Gasteiger partial charge in [0.05, 0.1) is 17.1 Å². The number of nitrogens with one attached hydrogen (secondary N) is 1. The van der Waals surface area contributed by atoms with E-state index in [9.17, 15) is 13.2 Å². The lowest BCUT2D eigenvalue weighted by Crippen LogP contribution is -2.37. The summed E-state index contributed by atoms with van der Waals surface area (Å²) in [6.45, 7) is 4.52. The second kappa shape index (κ2) is 5.34. The van der Waals surface area contributed by atoms with Crippen molar-refractivity contribution in [3.8, 4) is 0 Å². The highest BCUT2D eigenvalue weighted by atomic mass is 32.2. The Hall–Kier alpha value is -1.34. The van der Waals surface area contributed by atoms with Crippen molar-refractivity contribution in [1.29, 1.82) is 0 Å². The van der Waals surface area contributed by atoms with Gasteiger partial charge in [0.1, 0.15) is 5.76 Å². The number of carbonyl (C=O) groups is 1. The molecule has 1 aromatic heterocycles. The summed E-state index contributed by atoms with van der Waals surface area (Å²) < 4.78 is 31.4. The first-order valence-corrected chi connectivity index (χ1v) is 7.82. The van der Waals surface area contributed by atoms with Crippen LogP contribution < -0.4 is 4.72 Å². The van der Waals surface area contributed by atoms with Gasteiger partial charge < -0.3 is 9.32 Å². The van der Waals surface area contributed by atoms with Crippen molar-refractivity contribution < 1.29 is 17.6 Å². The normalized spacial score (nSPS) is 19.9. The minimum atomic E-state index is -3.32. The van der Waals surface area contributed by atoms with Crippen molar-refractivity contribution in [1.82, 2.24) is 9.62 Å². The predicted molar refractivity (Wildman–Crippen MR) is 70.4 cm³/mol. The van der Waals surface area contributed by atoms with Crippen LogP contribution in [0.25, 0.3) is 0 Å². The molecule has 19 heavy (non-hydrogen) atoms. The summed E-state index contributed by atoms with van der Waals surface area (Å²) in [5.41, 5.74) is 0.501. The van der Waals surface area contributed by atoms with Crippen molar-refractivity contribution in [3.63, 3.8) is 0 Å². The molecule has 1 saturated heterocycles. The smallest absolute Gasteiger partial charge is 0.257 e. The van der Waals surface area contributed by atoms with Gasteiger partial charge in [-0.15, -0.1) is 0 Å². The van der Waals surface area contributed by atoms with E-state index in [0.717, 1.165) is 0 Å². The lowest BCUT2D eigenvalue weighted by atomic mass is 10.2. The van der Waals surface area contributed by atoms with Crippen LogP contribution in [0.15, 0.2) is 16.7 Å². The second-order valence-electron chi connectivity index (χ2n) is 4.60. The van der Waals surface area contributed by atoms with Crippen LogP contribution >= 0.6 is 0 Å². The lowest BCUT2D eigenvalue weighted by Gasteiger charge is -2.16. The lowest BCUT2D eigenvalue weighted by molar-refractivity contribution is 0.0791. The van der Waals surface area contributed by atoms with Crippen LogP contribution in [0.4, 0.5) is 0 Å². The molecular formula is C12H18N2O4S. The van der Waals surface area contributed by atoms with Gasteiger partial charge in [-0.05, 0) is 19.4 Å². The van der Waals surface area contributed by atoms with Crippen molar-refractivity contribution in [2.45, 2.75) is 25.5 Å². The average Bonchev–Trinajstić information content (AvgIpc) is 2.96. The Kier molecular flexibility index (Phi) is 3.96. The zero-order valence-electron chi connectivity index (χ0n) is 11.0. The van der Waals surface area contributed by atoms with Crippen molar-refractivity contribution in [2.24, 2.45) is 0 Å². The fourth-order valence-electron chi connectivity index (χ4n) is 2.26. The number of sulfonamides is 1. The minimum absolute atomic E-state index is 0.166. The Morgan fingerprint density at radius 2 is 2.32 bits per heavy atom. The molecule has 2 heterocycles.